The minimum atomic E-state index is 0.316. The standard InChI is InChI=1S/C14H25N3/c15-14-4-3-13(9-14)11-17-7-5-16(6-8-17)10-12-1-2-12/h3-4,12-14H,1-2,5-11,15H2. The molecular formula is C14H25N3. The zero-order valence-electron chi connectivity index (χ0n) is 10.7. The van der Waals surface area contributed by atoms with Crippen LogP contribution in [0.5, 0.6) is 0 Å². The van der Waals surface area contributed by atoms with Crippen molar-refractivity contribution in [1.29, 1.82) is 0 Å². The highest BCUT2D eigenvalue weighted by molar-refractivity contribution is 5.05. The number of rotatable bonds is 4. The smallest absolute Gasteiger partial charge is 0.0229 e. The van der Waals surface area contributed by atoms with Crippen molar-refractivity contribution in [3.05, 3.63) is 12.2 Å². The van der Waals surface area contributed by atoms with Crippen LogP contribution in [0.1, 0.15) is 19.3 Å². The van der Waals surface area contributed by atoms with E-state index >= 15 is 0 Å². The fraction of sp³-hybridized carbons (Fsp3) is 0.857. The zero-order chi connectivity index (χ0) is 11.7. The molecule has 2 unspecified atom stereocenters. The predicted molar refractivity (Wildman–Crippen MR) is 70.8 cm³/mol. The highest BCUT2D eigenvalue weighted by Gasteiger charge is 2.27. The van der Waals surface area contributed by atoms with Gasteiger partial charge in [-0.2, -0.15) is 0 Å². The lowest BCUT2D eigenvalue weighted by Gasteiger charge is -2.35. The number of nitrogens with zero attached hydrogens (tertiary/aromatic N) is 2. The molecule has 96 valence electrons. The highest BCUT2D eigenvalue weighted by atomic mass is 15.3. The van der Waals surface area contributed by atoms with E-state index in [1.807, 2.05) is 0 Å². The molecule has 3 aliphatic rings. The monoisotopic (exact) mass is 235 g/mol. The van der Waals surface area contributed by atoms with E-state index in [9.17, 15) is 0 Å². The Balaban J connectivity index is 1.37. The first-order valence-electron chi connectivity index (χ1n) is 7.18. The van der Waals surface area contributed by atoms with Crippen LogP contribution in [0.15, 0.2) is 12.2 Å². The van der Waals surface area contributed by atoms with E-state index in [0.29, 0.717) is 12.0 Å². The molecule has 0 spiro atoms. The Hall–Kier alpha value is -0.380. The third-order valence-electron chi connectivity index (χ3n) is 4.38. The Kier molecular flexibility index (Phi) is 3.50. The van der Waals surface area contributed by atoms with Gasteiger partial charge < -0.3 is 15.5 Å². The quantitative estimate of drug-likeness (QED) is 0.735. The molecule has 0 radical (unpaired) electrons. The van der Waals surface area contributed by atoms with Gasteiger partial charge in [-0.15, -0.1) is 0 Å². The molecule has 3 nitrogen and oxygen atoms in total. The van der Waals surface area contributed by atoms with E-state index in [0.717, 1.165) is 12.3 Å². The number of hydrogen-bond donors (Lipinski definition) is 1. The van der Waals surface area contributed by atoms with Gasteiger partial charge in [0.05, 0.1) is 0 Å². The van der Waals surface area contributed by atoms with Crippen molar-refractivity contribution in [3.63, 3.8) is 0 Å². The van der Waals surface area contributed by atoms with Crippen LogP contribution in [-0.2, 0) is 0 Å². The van der Waals surface area contributed by atoms with Gasteiger partial charge in [0.1, 0.15) is 0 Å². The Bertz CT molecular complexity index is 277. The summed E-state index contributed by atoms with van der Waals surface area (Å²) in [7, 11) is 0. The maximum atomic E-state index is 5.90. The van der Waals surface area contributed by atoms with Crippen LogP contribution in [0.2, 0.25) is 0 Å². The molecule has 0 aromatic rings. The average Bonchev–Trinajstić information content (AvgIpc) is 3.04. The molecule has 3 heteroatoms. The molecule has 2 N–H and O–H groups in total. The lowest BCUT2D eigenvalue weighted by atomic mass is 10.1. The molecule has 1 heterocycles. The Labute approximate surface area is 105 Å². The molecule has 0 aromatic carbocycles. The van der Waals surface area contributed by atoms with Gasteiger partial charge in [-0.1, -0.05) is 12.2 Å². The van der Waals surface area contributed by atoms with E-state index in [1.54, 1.807) is 0 Å². The molecule has 0 bridgehead atoms. The topological polar surface area (TPSA) is 32.5 Å². The summed E-state index contributed by atoms with van der Waals surface area (Å²) in [5, 5.41) is 0. The summed E-state index contributed by atoms with van der Waals surface area (Å²) >= 11 is 0. The van der Waals surface area contributed by atoms with Crippen molar-refractivity contribution in [3.8, 4) is 0 Å². The maximum absolute atomic E-state index is 5.90. The average molecular weight is 235 g/mol. The van der Waals surface area contributed by atoms with Crippen molar-refractivity contribution in [2.24, 2.45) is 17.6 Å². The van der Waals surface area contributed by atoms with Gasteiger partial charge in [0, 0.05) is 45.3 Å². The highest BCUT2D eigenvalue weighted by Crippen LogP contribution is 2.30. The first kappa shape index (κ1) is 11.7. The van der Waals surface area contributed by atoms with E-state index in [4.69, 9.17) is 5.73 Å². The van der Waals surface area contributed by atoms with Gasteiger partial charge >= 0.3 is 0 Å². The third-order valence-corrected chi connectivity index (χ3v) is 4.38. The Morgan fingerprint density at radius 2 is 1.59 bits per heavy atom. The van der Waals surface area contributed by atoms with Crippen LogP contribution in [0.4, 0.5) is 0 Å². The van der Waals surface area contributed by atoms with Gasteiger partial charge in [0.25, 0.3) is 0 Å². The summed E-state index contributed by atoms with van der Waals surface area (Å²) < 4.78 is 0. The summed E-state index contributed by atoms with van der Waals surface area (Å²) in [5.74, 6) is 1.75. The van der Waals surface area contributed by atoms with Crippen LogP contribution in [0, 0.1) is 11.8 Å². The SMILES string of the molecule is NC1C=CC(CN2CCN(CC3CC3)CC2)C1. The lowest BCUT2D eigenvalue weighted by molar-refractivity contribution is 0.119. The minimum absolute atomic E-state index is 0.316. The second kappa shape index (κ2) is 5.09. The first-order chi connectivity index (χ1) is 8.29. The molecular weight excluding hydrogens is 210 g/mol. The number of nitrogens with two attached hydrogens (primary N) is 1. The van der Waals surface area contributed by atoms with Crippen molar-refractivity contribution >= 4 is 0 Å². The van der Waals surface area contributed by atoms with Crippen molar-refractivity contribution in [1.82, 2.24) is 9.80 Å². The van der Waals surface area contributed by atoms with Crippen molar-refractivity contribution in [2.45, 2.75) is 25.3 Å². The van der Waals surface area contributed by atoms with Crippen LogP contribution in [0.25, 0.3) is 0 Å². The number of piperazine rings is 1. The molecule has 0 amide bonds. The molecule has 2 aliphatic carbocycles. The fourth-order valence-corrected chi connectivity index (χ4v) is 3.09. The normalized spacial score (nSPS) is 35.6. The van der Waals surface area contributed by atoms with E-state index in [-0.39, 0.29) is 0 Å². The van der Waals surface area contributed by atoms with Gasteiger partial charge in [-0.25, -0.2) is 0 Å². The summed E-state index contributed by atoms with van der Waals surface area (Å²) in [5.41, 5.74) is 5.90. The zero-order valence-corrected chi connectivity index (χ0v) is 10.7. The number of hydrogen-bond acceptors (Lipinski definition) is 3. The molecule has 1 saturated heterocycles. The third kappa shape index (κ3) is 3.30. The second-order valence-electron chi connectivity index (χ2n) is 6.09. The summed E-state index contributed by atoms with van der Waals surface area (Å²) in [6, 6.07) is 0.316. The van der Waals surface area contributed by atoms with Crippen LogP contribution >= 0.6 is 0 Å². The van der Waals surface area contributed by atoms with Crippen molar-refractivity contribution < 1.29 is 0 Å². The molecule has 2 atom stereocenters. The molecule has 1 saturated carbocycles. The van der Waals surface area contributed by atoms with Gasteiger partial charge in [-0.3, -0.25) is 0 Å². The first-order valence-corrected chi connectivity index (χ1v) is 7.18. The summed E-state index contributed by atoms with van der Waals surface area (Å²) in [4.78, 5) is 5.28. The van der Waals surface area contributed by atoms with Crippen molar-refractivity contribution in [2.75, 3.05) is 39.3 Å². The molecule has 1 aliphatic heterocycles. The van der Waals surface area contributed by atoms with E-state index in [1.165, 1.54) is 52.1 Å². The van der Waals surface area contributed by atoms with Gasteiger partial charge in [0.15, 0.2) is 0 Å². The fourth-order valence-electron chi connectivity index (χ4n) is 3.09. The van der Waals surface area contributed by atoms with E-state index in [2.05, 4.69) is 22.0 Å². The maximum Gasteiger partial charge on any atom is 0.0229 e. The van der Waals surface area contributed by atoms with Crippen LogP contribution < -0.4 is 5.73 Å². The lowest BCUT2D eigenvalue weighted by Crippen LogP contribution is -2.48. The molecule has 3 rings (SSSR count). The Morgan fingerprint density at radius 1 is 0.941 bits per heavy atom. The molecule has 0 aromatic heterocycles. The largest absolute Gasteiger partial charge is 0.324 e. The van der Waals surface area contributed by atoms with Gasteiger partial charge in [0.2, 0.25) is 0 Å². The Morgan fingerprint density at radius 3 is 2.12 bits per heavy atom. The second-order valence-corrected chi connectivity index (χ2v) is 6.09. The summed E-state index contributed by atoms with van der Waals surface area (Å²) in [6.07, 6.45) is 8.60. The van der Waals surface area contributed by atoms with Gasteiger partial charge in [-0.05, 0) is 31.1 Å². The van der Waals surface area contributed by atoms with Crippen LogP contribution in [-0.4, -0.2) is 55.1 Å². The summed E-state index contributed by atoms with van der Waals surface area (Å²) in [6.45, 7) is 7.65. The molecule has 2 fully saturated rings. The minimum Gasteiger partial charge on any atom is -0.324 e. The van der Waals surface area contributed by atoms with Crippen LogP contribution in [0.3, 0.4) is 0 Å². The van der Waals surface area contributed by atoms with E-state index < -0.39 is 0 Å². The predicted octanol–water partition coefficient (Wildman–Crippen LogP) is 0.917. The molecule has 17 heavy (non-hydrogen) atoms.